The van der Waals surface area contributed by atoms with Crippen LogP contribution in [0.2, 0.25) is 15.1 Å². The summed E-state index contributed by atoms with van der Waals surface area (Å²) in [5, 5.41) is 3.81. The zero-order valence-corrected chi connectivity index (χ0v) is 18.6. The first-order valence-corrected chi connectivity index (χ1v) is 11.4. The normalized spacial score (nSPS) is 17.7. The third-order valence-electron chi connectivity index (χ3n) is 4.68. The summed E-state index contributed by atoms with van der Waals surface area (Å²) in [5.74, 6) is -0.641. The molecule has 0 aromatic heterocycles. The molecule has 0 aliphatic carbocycles. The molecule has 0 unspecified atom stereocenters. The molecule has 0 bridgehead atoms. The lowest BCUT2D eigenvalue weighted by Crippen LogP contribution is -2.43. The summed E-state index contributed by atoms with van der Waals surface area (Å²) in [6.45, 7) is 0.349. The third-order valence-corrected chi connectivity index (χ3v) is 7.37. The fourth-order valence-electron chi connectivity index (χ4n) is 3.19. The maximum atomic E-state index is 13.2. The predicted molar refractivity (Wildman–Crippen MR) is 115 cm³/mol. The van der Waals surface area contributed by atoms with Crippen LogP contribution in [0.1, 0.15) is 12.8 Å². The molecule has 1 heterocycles. The van der Waals surface area contributed by atoms with E-state index < -0.39 is 15.9 Å². The summed E-state index contributed by atoms with van der Waals surface area (Å²) < 4.78 is 32.8. The fraction of sp³-hybridized carbons (Fsp3) is 0.316. The number of amides is 1. The molecular weight excluding hydrogens is 459 g/mol. The van der Waals surface area contributed by atoms with Crippen LogP contribution in [0.15, 0.2) is 41.3 Å². The first-order valence-electron chi connectivity index (χ1n) is 8.82. The lowest BCUT2D eigenvalue weighted by atomic mass is 9.99. The van der Waals surface area contributed by atoms with Crippen LogP contribution >= 0.6 is 34.8 Å². The number of hydrogen-bond donors (Lipinski definition) is 1. The van der Waals surface area contributed by atoms with E-state index in [-0.39, 0.29) is 28.1 Å². The van der Waals surface area contributed by atoms with Crippen LogP contribution in [0.25, 0.3) is 0 Å². The topological polar surface area (TPSA) is 75.7 Å². The standard InChI is InChI=1S/C19H19Cl3N2O4S/c1-28-17-7-5-14(21)10-18(17)29(26,27)24-8-2-3-12(11-24)19(25)23-16-9-13(20)4-6-15(16)22/h4-7,9-10,12H,2-3,8,11H2,1H3,(H,23,25)/t12-/m1/s1. The summed E-state index contributed by atoms with van der Waals surface area (Å²) >= 11 is 18.1. The van der Waals surface area contributed by atoms with Gasteiger partial charge in [0.2, 0.25) is 15.9 Å². The maximum absolute atomic E-state index is 13.2. The van der Waals surface area contributed by atoms with Gasteiger partial charge in [0.05, 0.1) is 23.7 Å². The van der Waals surface area contributed by atoms with Crippen LogP contribution in [0.5, 0.6) is 5.75 Å². The zero-order valence-electron chi connectivity index (χ0n) is 15.5. The Morgan fingerprint density at radius 3 is 2.55 bits per heavy atom. The molecule has 1 aliphatic rings. The molecule has 1 N–H and O–H groups in total. The Kier molecular flexibility index (Phi) is 6.96. The van der Waals surface area contributed by atoms with E-state index in [1.165, 1.54) is 23.5 Å². The Hall–Kier alpha value is -1.51. The van der Waals surface area contributed by atoms with Crippen LogP contribution in [0, 0.1) is 5.92 Å². The Morgan fingerprint density at radius 1 is 1.14 bits per heavy atom. The lowest BCUT2D eigenvalue weighted by molar-refractivity contribution is -0.120. The number of hydrogen-bond acceptors (Lipinski definition) is 4. The number of nitrogens with one attached hydrogen (secondary N) is 1. The second-order valence-electron chi connectivity index (χ2n) is 6.61. The number of piperidine rings is 1. The second kappa shape index (κ2) is 9.10. The number of carbonyl (C=O) groups excluding carboxylic acids is 1. The van der Waals surface area contributed by atoms with Crippen molar-refractivity contribution >= 4 is 56.4 Å². The molecule has 1 saturated heterocycles. The number of benzene rings is 2. The molecule has 1 aliphatic heterocycles. The molecule has 0 radical (unpaired) electrons. The average molecular weight is 478 g/mol. The van der Waals surface area contributed by atoms with Crippen LogP contribution in [0.4, 0.5) is 5.69 Å². The molecule has 1 fully saturated rings. The number of rotatable bonds is 5. The molecule has 1 atom stereocenters. The van der Waals surface area contributed by atoms with E-state index in [0.29, 0.717) is 35.1 Å². The number of carbonyl (C=O) groups is 1. The molecule has 156 valence electrons. The molecule has 6 nitrogen and oxygen atoms in total. The summed E-state index contributed by atoms with van der Waals surface area (Å²) in [5.41, 5.74) is 0.389. The second-order valence-corrected chi connectivity index (χ2v) is 9.80. The van der Waals surface area contributed by atoms with Crippen molar-refractivity contribution in [3.8, 4) is 5.75 Å². The number of anilines is 1. The summed E-state index contributed by atoms with van der Waals surface area (Å²) in [4.78, 5) is 12.7. The summed E-state index contributed by atoms with van der Waals surface area (Å²) in [7, 11) is -2.49. The van der Waals surface area contributed by atoms with Gasteiger partial charge in [-0.3, -0.25) is 4.79 Å². The van der Waals surface area contributed by atoms with Crippen LogP contribution in [0.3, 0.4) is 0 Å². The Balaban J connectivity index is 1.80. The van der Waals surface area contributed by atoms with E-state index in [1.807, 2.05) is 0 Å². The monoisotopic (exact) mass is 476 g/mol. The van der Waals surface area contributed by atoms with Gasteiger partial charge in [-0.2, -0.15) is 4.31 Å². The van der Waals surface area contributed by atoms with Crippen molar-refractivity contribution in [1.82, 2.24) is 4.31 Å². The van der Waals surface area contributed by atoms with Crippen molar-refractivity contribution in [1.29, 1.82) is 0 Å². The Morgan fingerprint density at radius 2 is 1.83 bits per heavy atom. The number of halogens is 3. The third kappa shape index (κ3) is 4.98. The molecule has 0 spiro atoms. The highest BCUT2D eigenvalue weighted by Crippen LogP contribution is 2.32. The predicted octanol–water partition coefficient (Wildman–Crippen LogP) is 4.69. The number of nitrogens with zero attached hydrogens (tertiary/aromatic N) is 1. The van der Waals surface area contributed by atoms with Gasteiger partial charge in [0.25, 0.3) is 0 Å². The number of methoxy groups -OCH3 is 1. The van der Waals surface area contributed by atoms with Gasteiger partial charge in [-0.15, -0.1) is 0 Å². The minimum absolute atomic E-state index is 0.0218. The highest BCUT2D eigenvalue weighted by atomic mass is 35.5. The molecule has 0 saturated carbocycles. The van der Waals surface area contributed by atoms with Gasteiger partial charge in [-0.1, -0.05) is 34.8 Å². The molecular formula is C19H19Cl3N2O4S. The maximum Gasteiger partial charge on any atom is 0.246 e. The quantitative estimate of drug-likeness (QED) is 0.677. The van der Waals surface area contributed by atoms with Crippen LogP contribution in [-0.2, 0) is 14.8 Å². The average Bonchev–Trinajstić information content (AvgIpc) is 2.70. The highest BCUT2D eigenvalue weighted by Gasteiger charge is 2.35. The van der Waals surface area contributed by atoms with Crippen molar-refractivity contribution in [2.75, 3.05) is 25.5 Å². The minimum Gasteiger partial charge on any atom is -0.495 e. The van der Waals surface area contributed by atoms with E-state index in [2.05, 4.69) is 5.32 Å². The van der Waals surface area contributed by atoms with E-state index >= 15 is 0 Å². The molecule has 2 aromatic carbocycles. The van der Waals surface area contributed by atoms with Crippen molar-refractivity contribution in [2.45, 2.75) is 17.7 Å². The first-order chi connectivity index (χ1) is 13.7. The van der Waals surface area contributed by atoms with E-state index in [1.54, 1.807) is 24.3 Å². The largest absolute Gasteiger partial charge is 0.495 e. The smallest absolute Gasteiger partial charge is 0.246 e. The van der Waals surface area contributed by atoms with E-state index in [9.17, 15) is 13.2 Å². The Labute approximate surface area is 184 Å². The van der Waals surface area contributed by atoms with Gasteiger partial charge < -0.3 is 10.1 Å². The van der Waals surface area contributed by atoms with E-state index in [0.717, 1.165) is 0 Å². The van der Waals surface area contributed by atoms with Crippen LogP contribution in [-0.4, -0.2) is 38.8 Å². The van der Waals surface area contributed by atoms with Crippen molar-refractivity contribution < 1.29 is 17.9 Å². The Bertz CT molecular complexity index is 1030. The van der Waals surface area contributed by atoms with Gasteiger partial charge in [0.1, 0.15) is 10.6 Å². The molecule has 2 aromatic rings. The van der Waals surface area contributed by atoms with Gasteiger partial charge >= 0.3 is 0 Å². The first kappa shape index (κ1) is 22.2. The van der Waals surface area contributed by atoms with Gasteiger partial charge in [0.15, 0.2) is 0 Å². The zero-order chi connectivity index (χ0) is 21.2. The van der Waals surface area contributed by atoms with Crippen molar-refractivity contribution in [2.24, 2.45) is 5.92 Å². The molecule has 3 rings (SSSR count). The van der Waals surface area contributed by atoms with Crippen LogP contribution < -0.4 is 10.1 Å². The fourth-order valence-corrected chi connectivity index (χ4v) is 5.47. The molecule has 10 heteroatoms. The SMILES string of the molecule is COc1ccc(Cl)cc1S(=O)(=O)N1CCC[C@@H](C(=O)Nc2cc(Cl)ccc2Cl)C1. The lowest BCUT2D eigenvalue weighted by Gasteiger charge is -2.31. The molecule has 29 heavy (non-hydrogen) atoms. The van der Waals surface area contributed by atoms with Crippen molar-refractivity contribution in [3.63, 3.8) is 0 Å². The van der Waals surface area contributed by atoms with E-state index in [4.69, 9.17) is 39.5 Å². The summed E-state index contributed by atoms with van der Waals surface area (Å²) in [6.07, 6.45) is 1.10. The number of sulfonamides is 1. The number of ether oxygens (including phenoxy) is 1. The highest BCUT2D eigenvalue weighted by molar-refractivity contribution is 7.89. The van der Waals surface area contributed by atoms with Gasteiger partial charge in [-0.05, 0) is 49.2 Å². The van der Waals surface area contributed by atoms with Gasteiger partial charge in [-0.25, -0.2) is 8.42 Å². The summed E-state index contributed by atoms with van der Waals surface area (Å²) in [6, 6.07) is 9.17. The van der Waals surface area contributed by atoms with Gasteiger partial charge in [0, 0.05) is 23.1 Å². The minimum atomic E-state index is -3.88. The van der Waals surface area contributed by atoms with Crippen molar-refractivity contribution in [3.05, 3.63) is 51.5 Å². The molecule has 1 amide bonds.